The molecule has 0 bridgehead atoms. The van der Waals surface area contributed by atoms with Gasteiger partial charge in [-0.15, -0.1) is 0 Å². The SMILES string of the molecule is COc1c(Cl)ccc(Cl)c1C(=O)N(C)c1cccnc1. The summed E-state index contributed by atoms with van der Waals surface area (Å²) in [6.45, 7) is 0. The number of pyridine rings is 1. The Kier molecular flexibility index (Phi) is 4.47. The fourth-order valence-corrected chi connectivity index (χ4v) is 2.23. The molecular weight excluding hydrogens is 299 g/mol. The highest BCUT2D eigenvalue weighted by Crippen LogP contribution is 2.35. The second kappa shape index (κ2) is 6.11. The molecule has 2 aromatic rings. The van der Waals surface area contributed by atoms with Gasteiger partial charge < -0.3 is 9.64 Å². The van der Waals surface area contributed by atoms with E-state index in [9.17, 15) is 4.79 Å². The van der Waals surface area contributed by atoms with Crippen LogP contribution in [0.15, 0.2) is 36.7 Å². The minimum Gasteiger partial charge on any atom is -0.494 e. The number of hydrogen-bond acceptors (Lipinski definition) is 3. The summed E-state index contributed by atoms with van der Waals surface area (Å²) in [4.78, 5) is 18.0. The molecule has 0 saturated carbocycles. The Balaban J connectivity index is 2.46. The van der Waals surface area contributed by atoms with Gasteiger partial charge in [-0.1, -0.05) is 23.2 Å². The third kappa shape index (κ3) is 2.71. The van der Waals surface area contributed by atoms with Crippen molar-refractivity contribution >= 4 is 34.8 Å². The maximum Gasteiger partial charge on any atom is 0.263 e. The molecule has 0 aliphatic rings. The van der Waals surface area contributed by atoms with Gasteiger partial charge in [-0.05, 0) is 24.3 Å². The van der Waals surface area contributed by atoms with Gasteiger partial charge in [-0.25, -0.2) is 0 Å². The molecule has 0 N–H and O–H groups in total. The molecular formula is C14H12Cl2N2O2. The van der Waals surface area contributed by atoms with E-state index < -0.39 is 0 Å². The molecule has 4 nitrogen and oxygen atoms in total. The molecule has 0 unspecified atom stereocenters. The third-order valence-electron chi connectivity index (χ3n) is 2.81. The van der Waals surface area contributed by atoms with Crippen LogP contribution in [0, 0.1) is 0 Å². The average Bonchev–Trinajstić information content (AvgIpc) is 2.48. The zero-order chi connectivity index (χ0) is 14.7. The van der Waals surface area contributed by atoms with E-state index in [4.69, 9.17) is 27.9 Å². The first kappa shape index (κ1) is 14.6. The van der Waals surface area contributed by atoms with Crippen molar-refractivity contribution in [2.24, 2.45) is 0 Å². The number of carbonyl (C=O) groups excluding carboxylic acids is 1. The Hall–Kier alpha value is -1.78. The highest BCUT2D eigenvalue weighted by molar-refractivity contribution is 6.37. The maximum absolute atomic E-state index is 12.6. The lowest BCUT2D eigenvalue weighted by molar-refractivity contribution is 0.0990. The minimum absolute atomic E-state index is 0.230. The number of ether oxygens (including phenoxy) is 1. The molecule has 2 rings (SSSR count). The molecule has 0 aliphatic carbocycles. The molecule has 0 radical (unpaired) electrons. The van der Waals surface area contributed by atoms with Gasteiger partial charge >= 0.3 is 0 Å². The maximum atomic E-state index is 12.6. The molecule has 0 atom stereocenters. The van der Waals surface area contributed by atoms with Crippen molar-refractivity contribution in [2.45, 2.75) is 0 Å². The molecule has 0 saturated heterocycles. The Morgan fingerprint density at radius 3 is 2.55 bits per heavy atom. The summed E-state index contributed by atoms with van der Waals surface area (Å²) in [5.41, 5.74) is 0.878. The summed E-state index contributed by atoms with van der Waals surface area (Å²) < 4.78 is 5.18. The predicted octanol–water partition coefficient (Wildman–Crippen LogP) is 3.67. The van der Waals surface area contributed by atoms with Gasteiger partial charge in [0.25, 0.3) is 5.91 Å². The van der Waals surface area contributed by atoms with Crippen LogP contribution in [-0.4, -0.2) is 25.0 Å². The largest absolute Gasteiger partial charge is 0.494 e. The summed E-state index contributed by atoms with van der Waals surface area (Å²) in [7, 11) is 3.08. The second-order valence-corrected chi connectivity index (χ2v) is 4.83. The van der Waals surface area contributed by atoms with Crippen molar-refractivity contribution in [1.29, 1.82) is 0 Å². The first-order valence-corrected chi connectivity index (χ1v) is 6.52. The first-order chi connectivity index (χ1) is 9.56. The van der Waals surface area contributed by atoms with Crippen molar-refractivity contribution in [3.05, 3.63) is 52.3 Å². The van der Waals surface area contributed by atoms with Crippen LogP contribution < -0.4 is 9.64 Å². The number of benzene rings is 1. The number of nitrogens with zero attached hydrogens (tertiary/aromatic N) is 2. The van der Waals surface area contributed by atoms with E-state index in [-0.39, 0.29) is 22.2 Å². The molecule has 0 aliphatic heterocycles. The molecule has 1 heterocycles. The van der Waals surface area contributed by atoms with Crippen LogP contribution in [-0.2, 0) is 0 Å². The molecule has 1 amide bonds. The number of aromatic nitrogens is 1. The summed E-state index contributed by atoms with van der Waals surface area (Å²) in [5, 5.41) is 0.617. The van der Waals surface area contributed by atoms with Crippen molar-refractivity contribution in [3.63, 3.8) is 0 Å². The number of hydrogen-bond donors (Lipinski definition) is 0. The fourth-order valence-electron chi connectivity index (χ4n) is 1.77. The fraction of sp³-hybridized carbons (Fsp3) is 0.143. The standard InChI is InChI=1S/C14H12Cl2N2O2/c1-18(9-4-3-7-17-8-9)14(19)12-10(15)5-6-11(16)13(12)20-2/h3-8H,1-2H3. The lowest BCUT2D eigenvalue weighted by Gasteiger charge is -2.19. The van der Waals surface area contributed by atoms with E-state index in [1.165, 1.54) is 12.0 Å². The Morgan fingerprint density at radius 1 is 1.25 bits per heavy atom. The zero-order valence-electron chi connectivity index (χ0n) is 10.9. The Morgan fingerprint density at radius 2 is 1.95 bits per heavy atom. The van der Waals surface area contributed by atoms with Crippen molar-refractivity contribution in [3.8, 4) is 5.75 Å². The monoisotopic (exact) mass is 310 g/mol. The predicted molar refractivity (Wildman–Crippen MR) is 80.0 cm³/mol. The van der Waals surface area contributed by atoms with E-state index in [2.05, 4.69) is 4.98 Å². The first-order valence-electron chi connectivity index (χ1n) is 5.76. The average molecular weight is 311 g/mol. The van der Waals surface area contributed by atoms with Gasteiger partial charge in [0.1, 0.15) is 5.56 Å². The number of halogens is 2. The van der Waals surface area contributed by atoms with E-state index in [0.29, 0.717) is 10.7 Å². The molecule has 0 spiro atoms. The normalized spacial score (nSPS) is 10.2. The molecule has 1 aromatic heterocycles. The Labute approximate surface area is 126 Å². The van der Waals surface area contributed by atoms with Crippen molar-refractivity contribution < 1.29 is 9.53 Å². The second-order valence-electron chi connectivity index (χ2n) is 4.01. The number of methoxy groups -OCH3 is 1. The number of carbonyl (C=O) groups is 1. The summed E-state index contributed by atoms with van der Waals surface area (Å²) in [5.74, 6) is -0.0535. The quantitative estimate of drug-likeness (QED) is 0.868. The van der Waals surface area contributed by atoms with Gasteiger partial charge in [-0.2, -0.15) is 0 Å². The smallest absolute Gasteiger partial charge is 0.263 e. The lowest BCUT2D eigenvalue weighted by atomic mass is 10.1. The number of rotatable bonds is 3. The van der Waals surface area contributed by atoms with Crippen LogP contribution in [0.2, 0.25) is 10.0 Å². The number of amides is 1. The zero-order valence-corrected chi connectivity index (χ0v) is 12.4. The van der Waals surface area contributed by atoms with Crippen LogP contribution in [0.5, 0.6) is 5.75 Å². The van der Waals surface area contributed by atoms with Crippen LogP contribution >= 0.6 is 23.2 Å². The third-order valence-corrected chi connectivity index (χ3v) is 3.43. The minimum atomic E-state index is -0.317. The van der Waals surface area contributed by atoms with E-state index in [0.717, 1.165) is 0 Å². The van der Waals surface area contributed by atoms with E-state index in [1.807, 2.05) is 0 Å². The highest BCUT2D eigenvalue weighted by Gasteiger charge is 2.23. The molecule has 1 aromatic carbocycles. The summed E-state index contributed by atoms with van der Waals surface area (Å²) in [6, 6.07) is 6.67. The topological polar surface area (TPSA) is 42.4 Å². The van der Waals surface area contributed by atoms with E-state index in [1.54, 1.807) is 43.7 Å². The van der Waals surface area contributed by atoms with Gasteiger partial charge in [0.15, 0.2) is 5.75 Å². The molecule has 20 heavy (non-hydrogen) atoms. The van der Waals surface area contributed by atoms with Gasteiger partial charge in [0.05, 0.1) is 29.0 Å². The Bertz CT molecular complexity index is 633. The van der Waals surface area contributed by atoms with Crippen molar-refractivity contribution in [2.75, 3.05) is 19.1 Å². The number of anilines is 1. The van der Waals surface area contributed by atoms with Gasteiger partial charge in [-0.3, -0.25) is 9.78 Å². The van der Waals surface area contributed by atoms with Crippen LogP contribution in [0.4, 0.5) is 5.69 Å². The van der Waals surface area contributed by atoms with Crippen molar-refractivity contribution in [1.82, 2.24) is 4.98 Å². The summed E-state index contributed by atoms with van der Waals surface area (Å²) in [6.07, 6.45) is 3.22. The van der Waals surface area contributed by atoms with Gasteiger partial charge in [0, 0.05) is 13.2 Å². The highest BCUT2D eigenvalue weighted by atomic mass is 35.5. The molecule has 0 fully saturated rings. The molecule has 6 heteroatoms. The summed E-state index contributed by atoms with van der Waals surface area (Å²) >= 11 is 12.1. The lowest BCUT2D eigenvalue weighted by Crippen LogP contribution is -2.27. The van der Waals surface area contributed by atoms with Crippen LogP contribution in [0.1, 0.15) is 10.4 Å². The van der Waals surface area contributed by atoms with Crippen LogP contribution in [0.25, 0.3) is 0 Å². The molecule has 104 valence electrons. The van der Waals surface area contributed by atoms with Crippen LogP contribution in [0.3, 0.4) is 0 Å². The van der Waals surface area contributed by atoms with E-state index >= 15 is 0 Å². The van der Waals surface area contributed by atoms with Gasteiger partial charge in [0.2, 0.25) is 0 Å².